The van der Waals surface area contributed by atoms with Crippen LogP contribution in [0.25, 0.3) is 0 Å². The number of para-hydroxylation sites is 1. The number of rotatable bonds is 3. The van der Waals surface area contributed by atoms with Crippen molar-refractivity contribution in [1.82, 2.24) is 5.32 Å². The van der Waals surface area contributed by atoms with Gasteiger partial charge in [0.1, 0.15) is 6.10 Å². The molecular weight excluding hydrogens is 268 g/mol. The van der Waals surface area contributed by atoms with E-state index < -0.39 is 6.10 Å². The zero-order valence-electron chi connectivity index (χ0n) is 12.3. The Bertz CT molecular complexity index is 506. The highest BCUT2D eigenvalue weighted by Crippen LogP contribution is 2.22. The van der Waals surface area contributed by atoms with Crippen LogP contribution in [0.4, 0.5) is 5.69 Å². The summed E-state index contributed by atoms with van der Waals surface area (Å²) in [7, 11) is 0. The van der Waals surface area contributed by atoms with Crippen LogP contribution in [-0.4, -0.2) is 43.9 Å². The molecule has 1 aromatic rings. The van der Waals surface area contributed by atoms with Gasteiger partial charge in [-0.15, -0.1) is 0 Å². The molecule has 5 nitrogen and oxygen atoms in total. The molecule has 3 unspecified atom stereocenters. The van der Waals surface area contributed by atoms with E-state index in [-0.39, 0.29) is 18.1 Å². The van der Waals surface area contributed by atoms with E-state index in [0.29, 0.717) is 13.0 Å². The van der Waals surface area contributed by atoms with Gasteiger partial charge in [-0.25, -0.2) is 0 Å². The molecular formula is C16H22N2O3. The Hall–Kier alpha value is -1.43. The van der Waals surface area contributed by atoms with Crippen molar-refractivity contribution in [2.24, 2.45) is 0 Å². The van der Waals surface area contributed by atoms with Crippen LogP contribution in [-0.2, 0) is 20.7 Å². The number of aryl methyl sites for hydroxylation is 1. The fourth-order valence-corrected chi connectivity index (χ4v) is 2.84. The van der Waals surface area contributed by atoms with Crippen molar-refractivity contribution in [3.63, 3.8) is 0 Å². The molecule has 1 aromatic carbocycles. The van der Waals surface area contributed by atoms with Gasteiger partial charge in [-0.05, 0) is 31.4 Å². The predicted octanol–water partition coefficient (Wildman–Crippen LogP) is 1.33. The number of fused-ring (bicyclic) bond motifs is 1. The fourth-order valence-electron chi connectivity index (χ4n) is 2.84. The molecule has 0 spiro atoms. The number of morpholine rings is 1. The topological polar surface area (TPSA) is 59.6 Å². The lowest BCUT2D eigenvalue weighted by Crippen LogP contribution is -2.46. The minimum atomic E-state index is -0.404. The van der Waals surface area contributed by atoms with Crippen molar-refractivity contribution >= 4 is 11.6 Å². The number of hydrogen-bond donors (Lipinski definition) is 2. The largest absolute Gasteiger partial charge is 0.370 e. The molecule has 3 rings (SSSR count). The summed E-state index contributed by atoms with van der Waals surface area (Å²) >= 11 is 0. The molecule has 2 heterocycles. The van der Waals surface area contributed by atoms with E-state index in [0.717, 1.165) is 25.2 Å². The van der Waals surface area contributed by atoms with Crippen LogP contribution in [0.1, 0.15) is 18.9 Å². The summed E-state index contributed by atoms with van der Waals surface area (Å²) in [6, 6.07) is 7.91. The number of hydrogen-bond acceptors (Lipinski definition) is 4. The zero-order chi connectivity index (χ0) is 14.7. The number of carbonyl (C=O) groups is 1. The first-order valence-corrected chi connectivity index (χ1v) is 7.59. The molecule has 2 aliphatic heterocycles. The van der Waals surface area contributed by atoms with Gasteiger partial charge in [0.15, 0.2) is 0 Å². The summed E-state index contributed by atoms with van der Waals surface area (Å²) in [5.41, 5.74) is 2.07. The second-order valence-corrected chi connectivity index (χ2v) is 5.73. The van der Waals surface area contributed by atoms with E-state index in [9.17, 15) is 4.79 Å². The molecule has 2 aliphatic rings. The Kier molecular flexibility index (Phi) is 4.53. The molecule has 0 saturated carbocycles. The summed E-state index contributed by atoms with van der Waals surface area (Å²) in [6.07, 6.45) is 1.36. The van der Waals surface area contributed by atoms with Crippen molar-refractivity contribution < 1.29 is 14.3 Å². The third kappa shape index (κ3) is 3.61. The van der Waals surface area contributed by atoms with Crippen LogP contribution >= 0.6 is 0 Å². The van der Waals surface area contributed by atoms with E-state index in [1.807, 2.05) is 31.2 Å². The second kappa shape index (κ2) is 6.56. The first-order chi connectivity index (χ1) is 10.2. The Balaban J connectivity index is 1.56. The van der Waals surface area contributed by atoms with Crippen molar-refractivity contribution in [1.29, 1.82) is 0 Å². The van der Waals surface area contributed by atoms with Gasteiger partial charge in [-0.1, -0.05) is 18.2 Å². The summed E-state index contributed by atoms with van der Waals surface area (Å²) in [5.74, 6) is -0.0585. The quantitative estimate of drug-likeness (QED) is 0.882. The maximum absolute atomic E-state index is 12.2. The van der Waals surface area contributed by atoms with Crippen LogP contribution in [0.5, 0.6) is 0 Å². The van der Waals surface area contributed by atoms with Crippen LogP contribution < -0.4 is 10.6 Å². The summed E-state index contributed by atoms with van der Waals surface area (Å²) in [6.45, 7) is 4.13. The van der Waals surface area contributed by atoms with Crippen molar-refractivity contribution in [3.05, 3.63) is 29.8 Å². The van der Waals surface area contributed by atoms with Crippen LogP contribution in [0.3, 0.4) is 0 Å². The average Bonchev–Trinajstić information content (AvgIpc) is 2.64. The molecule has 0 radical (unpaired) electrons. The maximum Gasteiger partial charge on any atom is 0.253 e. The third-order valence-electron chi connectivity index (χ3n) is 3.96. The SMILES string of the molecule is CC1CNCC(COC2CCc3ccccc3NC2=O)O1. The third-order valence-corrected chi connectivity index (χ3v) is 3.96. The van der Waals surface area contributed by atoms with Crippen molar-refractivity contribution in [2.75, 3.05) is 25.0 Å². The zero-order valence-corrected chi connectivity index (χ0v) is 12.3. The molecule has 3 atom stereocenters. The summed E-state index contributed by atoms with van der Waals surface area (Å²) in [5, 5.41) is 6.25. The van der Waals surface area contributed by atoms with E-state index in [1.165, 1.54) is 5.56 Å². The van der Waals surface area contributed by atoms with Gasteiger partial charge in [0.05, 0.1) is 18.8 Å². The smallest absolute Gasteiger partial charge is 0.253 e. The second-order valence-electron chi connectivity index (χ2n) is 5.73. The minimum absolute atomic E-state index is 0.0205. The molecule has 114 valence electrons. The van der Waals surface area contributed by atoms with Gasteiger partial charge in [-0.3, -0.25) is 4.79 Å². The monoisotopic (exact) mass is 290 g/mol. The Morgan fingerprint density at radius 1 is 1.33 bits per heavy atom. The molecule has 0 aliphatic carbocycles. The molecule has 1 saturated heterocycles. The molecule has 0 aromatic heterocycles. The van der Waals surface area contributed by atoms with E-state index in [2.05, 4.69) is 10.6 Å². The van der Waals surface area contributed by atoms with E-state index >= 15 is 0 Å². The van der Waals surface area contributed by atoms with Crippen LogP contribution in [0, 0.1) is 0 Å². The van der Waals surface area contributed by atoms with Gasteiger partial charge in [0, 0.05) is 18.8 Å². The fraction of sp³-hybridized carbons (Fsp3) is 0.562. The minimum Gasteiger partial charge on any atom is -0.370 e. The first kappa shape index (κ1) is 14.5. The van der Waals surface area contributed by atoms with Crippen molar-refractivity contribution in [2.45, 2.75) is 38.1 Å². The van der Waals surface area contributed by atoms with Gasteiger partial charge in [0.25, 0.3) is 5.91 Å². The summed E-state index contributed by atoms with van der Waals surface area (Å²) < 4.78 is 11.6. The van der Waals surface area contributed by atoms with Crippen molar-refractivity contribution in [3.8, 4) is 0 Å². The van der Waals surface area contributed by atoms with Gasteiger partial charge in [0.2, 0.25) is 0 Å². The highest BCUT2D eigenvalue weighted by atomic mass is 16.5. The van der Waals surface area contributed by atoms with E-state index in [4.69, 9.17) is 9.47 Å². The first-order valence-electron chi connectivity index (χ1n) is 7.59. The van der Waals surface area contributed by atoms with Crippen LogP contribution in [0.2, 0.25) is 0 Å². The molecule has 2 N–H and O–H groups in total. The highest BCUT2D eigenvalue weighted by Gasteiger charge is 2.26. The Morgan fingerprint density at radius 2 is 2.19 bits per heavy atom. The number of anilines is 1. The Morgan fingerprint density at radius 3 is 3.05 bits per heavy atom. The standard InChI is InChI=1S/C16H22N2O3/c1-11-8-17-9-13(21-11)10-20-15-7-6-12-4-2-3-5-14(12)18-16(15)19/h2-5,11,13,15,17H,6-10H2,1H3,(H,18,19). The number of benzene rings is 1. The number of ether oxygens (including phenoxy) is 2. The molecule has 0 bridgehead atoms. The lowest BCUT2D eigenvalue weighted by Gasteiger charge is -2.29. The lowest BCUT2D eigenvalue weighted by atomic mass is 10.1. The number of amides is 1. The normalized spacial score (nSPS) is 29.4. The highest BCUT2D eigenvalue weighted by molar-refractivity contribution is 5.95. The average molecular weight is 290 g/mol. The molecule has 5 heteroatoms. The lowest BCUT2D eigenvalue weighted by molar-refractivity contribution is -0.133. The molecule has 1 amide bonds. The van der Waals surface area contributed by atoms with E-state index in [1.54, 1.807) is 0 Å². The predicted molar refractivity (Wildman–Crippen MR) is 80.3 cm³/mol. The number of carbonyl (C=O) groups excluding carboxylic acids is 1. The van der Waals surface area contributed by atoms with Gasteiger partial charge in [-0.2, -0.15) is 0 Å². The maximum atomic E-state index is 12.2. The molecule has 21 heavy (non-hydrogen) atoms. The summed E-state index contributed by atoms with van der Waals surface area (Å²) in [4.78, 5) is 12.2. The Labute approximate surface area is 125 Å². The van der Waals surface area contributed by atoms with Crippen LogP contribution in [0.15, 0.2) is 24.3 Å². The van der Waals surface area contributed by atoms with Gasteiger partial charge < -0.3 is 20.1 Å². The number of nitrogens with one attached hydrogen (secondary N) is 2. The molecule has 1 fully saturated rings. The van der Waals surface area contributed by atoms with Gasteiger partial charge >= 0.3 is 0 Å².